The zero-order valence-electron chi connectivity index (χ0n) is 9.57. The van der Waals surface area contributed by atoms with Gasteiger partial charge in [0.15, 0.2) is 0 Å². The summed E-state index contributed by atoms with van der Waals surface area (Å²) in [6.07, 6.45) is 0.637. The van der Waals surface area contributed by atoms with E-state index < -0.39 is 6.56 Å². The zero-order chi connectivity index (χ0) is 11.1. The molecule has 0 unspecified atom stereocenters. The summed E-state index contributed by atoms with van der Waals surface area (Å²) in [5, 5.41) is 8.81. The summed E-state index contributed by atoms with van der Waals surface area (Å²) in [5.74, 6) is 0. The highest BCUT2D eigenvalue weighted by Crippen LogP contribution is 2.01. The van der Waals surface area contributed by atoms with Crippen LogP contribution in [0.4, 0.5) is 0 Å². The molecule has 1 aromatic rings. The minimum atomic E-state index is -2.07. The summed E-state index contributed by atoms with van der Waals surface area (Å²) in [4.78, 5) is 0. The van der Waals surface area contributed by atoms with Crippen molar-refractivity contribution in [3.63, 3.8) is 0 Å². The molecule has 0 aliphatic rings. The molecule has 0 atom stereocenters. The fraction of sp³-hybridized carbons (Fsp3) is 0.455. The molecule has 1 aromatic carbocycles. The Kier molecular flexibility index (Phi) is 3.85. The zero-order valence-corrected chi connectivity index (χ0v) is 7.57. The van der Waals surface area contributed by atoms with Gasteiger partial charge in [0.2, 0.25) is 0 Å². The second-order valence-electron chi connectivity index (χ2n) is 2.80. The molecule has 0 fully saturated rings. The number of rotatable bonds is 6. The van der Waals surface area contributed by atoms with Crippen LogP contribution in [0.3, 0.4) is 0 Å². The normalized spacial score (nSPS) is 13.6. The summed E-state index contributed by atoms with van der Waals surface area (Å²) in [6.45, 7) is -1.07. The van der Waals surface area contributed by atoms with Gasteiger partial charge < -0.3 is 9.84 Å². The van der Waals surface area contributed by atoms with Gasteiger partial charge in [0.1, 0.15) is 0 Å². The van der Waals surface area contributed by atoms with Crippen LogP contribution in [0.1, 0.15) is 21.1 Å². The van der Waals surface area contributed by atoms with Crippen LogP contribution in [-0.2, 0) is 11.3 Å². The average Bonchev–Trinajstić information content (AvgIpc) is 2.17. The van der Waals surface area contributed by atoms with Crippen molar-refractivity contribution < 1.29 is 12.6 Å². The van der Waals surface area contributed by atoms with Gasteiger partial charge in [-0.25, -0.2) is 0 Å². The first-order valence-corrected chi connectivity index (χ1v) is 4.42. The Balaban J connectivity index is 2.08. The standard InChI is InChI=1S/C11H16O2/c12-8-4-5-9-13-10-11-6-2-1-3-7-11/h1-3,6-7,12H,4-5,8-10H2/i8D2. The summed E-state index contributed by atoms with van der Waals surface area (Å²) < 4.78 is 19.1. The Morgan fingerprint density at radius 2 is 2.00 bits per heavy atom. The first kappa shape index (κ1) is 7.54. The van der Waals surface area contributed by atoms with E-state index >= 15 is 0 Å². The summed E-state index contributed by atoms with van der Waals surface area (Å²) >= 11 is 0. The number of benzene rings is 1. The molecular formula is C11H16O2. The van der Waals surface area contributed by atoms with E-state index in [0.717, 1.165) is 5.56 Å². The van der Waals surface area contributed by atoms with Gasteiger partial charge in [-0.2, -0.15) is 0 Å². The third kappa shape index (κ3) is 4.65. The summed E-state index contributed by atoms with van der Waals surface area (Å²) in [5.41, 5.74) is 1.10. The summed E-state index contributed by atoms with van der Waals surface area (Å²) in [7, 11) is 0. The van der Waals surface area contributed by atoms with Gasteiger partial charge in [0.05, 0.1) is 9.35 Å². The van der Waals surface area contributed by atoms with Crippen LogP contribution in [0.5, 0.6) is 0 Å². The van der Waals surface area contributed by atoms with Crippen LogP contribution in [0.25, 0.3) is 0 Å². The minimum Gasteiger partial charge on any atom is -0.396 e. The quantitative estimate of drug-likeness (QED) is 0.682. The molecule has 0 radical (unpaired) electrons. The lowest BCUT2D eigenvalue weighted by Crippen LogP contribution is -1.96. The largest absolute Gasteiger partial charge is 0.396 e. The van der Waals surface area contributed by atoms with E-state index in [1.807, 2.05) is 30.3 Å². The number of hydrogen-bond acceptors (Lipinski definition) is 2. The average molecular weight is 182 g/mol. The van der Waals surface area contributed by atoms with E-state index in [-0.39, 0.29) is 6.42 Å². The predicted octanol–water partition coefficient (Wildman–Crippen LogP) is 1.98. The molecule has 1 N–H and O–H groups in total. The Hall–Kier alpha value is -0.860. The molecule has 0 saturated heterocycles. The Morgan fingerprint density at radius 1 is 1.23 bits per heavy atom. The van der Waals surface area contributed by atoms with E-state index in [2.05, 4.69) is 0 Å². The fourth-order valence-corrected chi connectivity index (χ4v) is 1.02. The van der Waals surface area contributed by atoms with Gasteiger partial charge in [-0.15, -0.1) is 0 Å². The van der Waals surface area contributed by atoms with Crippen molar-refractivity contribution >= 4 is 0 Å². The molecule has 2 heteroatoms. The van der Waals surface area contributed by atoms with Crippen molar-refractivity contribution in [1.82, 2.24) is 0 Å². The molecule has 0 aromatic heterocycles. The molecule has 0 bridgehead atoms. The monoisotopic (exact) mass is 182 g/mol. The van der Waals surface area contributed by atoms with Crippen LogP contribution in [0.15, 0.2) is 30.3 Å². The molecule has 0 heterocycles. The third-order valence-corrected chi connectivity index (χ3v) is 1.69. The van der Waals surface area contributed by atoms with E-state index in [0.29, 0.717) is 19.6 Å². The predicted molar refractivity (Wildman–Crippen MR) is 52.4 cm³/mol. The number of ether oxygens (including phenoxy) is 1. The lowest BCUT2D eigenvalue weighted by atomic mass is 10.2. The van der Waals surface area contributed by atoms with Crippen LogP contribution in [0.2, 0.25) is 0 Å². The number of hydrogen-bond donors (Lipinski definition) is 1. The van der Waals surface area contributed by atoms with Crippen LogP contribution in [-0.4, -0.2) is 18.3 Å². The fourth-order valence-electron chi connectivity index (χ4n) is 1.02. The van der Waals surface area contributed by atoms with Crippen LogP contribution >= 0.6 is 0 Å². The first-order chi connectivity index (χ1) is 7.08. The molecule has 13 heavy (non-hydrogen) atoms. The lowest BCUT2D eigenvalue weighted by Gasteiger charge is -2.02. The molecule has 0 saturated carbocycles. The van der Waals surface area contributed by atoms with Crippen molar-refractivity contribution in [2.75, 3.05) is 13.2 Å². The van der Waals surface area contributed by atoms with E-state index in [1.54, 1.807) is 0 Å². The molecular weight excluding hydrogens is 164 g/mol. The maximum atomic E-state index is 8.81. The molecule has 0 amide bonds. The van der Waals surface area contributed by atoms with E-state index in [4.69, 9.17) is 12.6 Å². The van der Waals surface area contributed by atoms with Gasteiger partial charge >= 0.3 is 0 Å². The Labute approximate surface area is 82.0 Å². The van der Waals surface area contributed by atoms with Crippen molar-refractivity contribution in [2.45, 2.75) is 19.4 Å². The second kappa shape index (κ2) is 6.63. The van der Waals surface area contributed by atoms with E-state index in [1.165, 1.54) is 0 Å². The van der Waals surface area contributed by atoms with Gasteiger partial charge in [0, 0.05) is 13.2 Å². The minimum absolute atomic E-state index is 0.113. The smallest absolute Gasteiger partial charge is 0.0716 e. The highest BCUT2D eigenvalue weighted by Gasteiger charge is 1.91. The third-order valence-electron chi connectivity index (χ3n) is 1.69. The highest BCUT2D eigenvalue weighted by atomic mass is 16.5. The molecule has 72 valence electrons. The van der Waals surface area contributed by atoms with Gasteiger partial charge in [0.25, 0.3) is 0 Å². The topological polar surface area (TPSA) is 29.5 Å². The molecule has 0 spiro atoms. The second-order valence-corrected chi connectivity index (χ2v) is 2.80. The Morgan fingerprint density at radius 3 is 2.69 bits per heavy atom. The highest BCUT2D eigenvalue weighted by molar-refractivity contribution is 5.13. The Bertz CT molecular complexity index is 270. The molecule has 0 aliphatic carbocycles. The van der Waals surface area contributed by atoms with Gasteiger partial charge in [-0.1, -0.05) is 30.3 Å². The molecule has 0 aliphatic heterocycles. The van der Waals surface area contributed by atoms with Crippen molar-refractivity contribution in [3.8, 4) is 0 Å². The van der Waals surface area contributed by atoms with Crippen molar-refractivity contribution in [1.29, 1.82) is 0 Å². The SMILES string of the molecule is [2H]C([2H])(O)CCCOCc1ccccc1. The maximum Gasteiger partial charge on any atom is 0.0716 e. The van der Waals surface area contributed by atoms with Crippen molar-refractivity contribution in [2.24, 2.45) is 0 Å². The lowest BCUT2D eigenvalue weighted by molar-refractivity contribution is 0.112. The van der Waals surface area contributed by atoms with Gasteiger partial charge in [-0.05, 0) is 18.4 Å². The van der Waals surface area contributed by atoms with Crippen LogP contribution < -0.4 is 0 Å². The molecule has 2 nitrogen and oxygen atoms in total. The first-order valence-electron chi connectivity index (χ1n) is 5.42. The van der Waals surface area contributed by atoms with E-state index in [9.17, 15) is 0 Å². The number of aliphatic hydroxyl groups is 1. The van der Waals surface area contributed by atoms with Crippen LogP contribution in [0, 0.1) is 0 Å². The maximum absolute atomic E-state index is 8.81. The van der Waals surface area contributed by atoms with Gasteiger partial charge in [-0.3, -0.25) is 0 Å². The summed E-state index contributed by atoms with van der Waals surface area (Å²) in [6, 6.07) is 9.80. The van der Waals surface area contributed by atoms with Crippen molar-refractivity contribution in [3.05, 3.63) is 35.9 Å². The molecule has 1 rings (SSSR count).